The van der Waals surface area contributed by atoms with Gasteiger partial charge in [0.25, 0.3) is 0 Å². The second-order valence-corrected chi connectivity index (χ2v) is 5.55. The number of hydrogen-bond acceptors (Lipinski definition) is 3. The topological polar surface area (TPSA) is 64.2 Å². The van der Waals surface area contributed by atoms with Crippen molar-refractivity contribution in [3.05, 3.63) is 71.8 Å². The van der Waals surface area contributed by atoms with Crippen LogP contribution in [0.5, 0.6) is 0 Å². The molecule has 0 saturated heterocycles. The number of aliphatic imine (C=N–C) groups is 1. The lowest BCUT2D eigenvalue weighted by molar-refractivity contribution is 0.630. The zero-order valence-corrected chi connectivity index (χ0v) is 13.9. The summed E-state index contributed by atoms with van der Waals surface area (Å²) in [6.45, 7) is 3.63. The monoisotopic (exact) mass is 352 g/mol. The van der Waals surface area contributed by atoms with E-state index in [1.165, 1.54) is 18.5 Å². The standard InChI is InChI=1S/C19H14ClFN4/c1-2-12-8-17(21)15(10-16(12)20)19-14(4-3-6-24-19)13-5-7-23-18(9-13)25-11-22/h2-11H,1H2,(H2,22,23,25). The lowest BCUT2D eigenvalue weighted by Crippen LogP contribution is -1.94. The molecule has 0 amide bonds. The van der Waals surface area contributed by atoms with Crippen molar-refractivity contribution >= 4 is 29.8 Å². The molecule has 0 radical (unpaired) electrons. The fourth-order valence-corrected chi connectivity index (χ4v) is 2.73. The van der Waals surface area contributed by atoms with Gasteiger partial charge in [-0.3, -0.25) is 4.98 Å². The van der Waals surface area contributed by atoms with E-state index in [2.05, 4.69) is 21.5 Å². The van der Waals surface area contributed by atoms with Gasteiger partial charge in [-0.25, -0.2) is 14.4 Å². The van der Waals surface area contributed by atoms with Gasteiger partial charge in [0, 0.05) is 28.5 Å². The van der Waals surface area contributed by atoms with Crippen LogP contribution in [0.2, 0.25) is 5.02 Å². The van der Waals surface area contributed by atoms with E-state index in [0.29, 0.717) is 27.7 Å². The fraction of sp³-hybridized carbons (Fsp3) is 0. The molecule has 0 unspecified atom stereocenters. The third-order valence-corrected chi connectivity index (χ3v) is 3.96. The molecule has 2 aromatic heterocycles. The molecule has 3 rings (SSSR count). The summed E-state index contributed by atoms with van der Waals surface area (Å²) in [5.41, 5.74) is 8.17. The maximum absolute atomic E-state index is 14.6. The highest BCUT2D eigenvalue weighted by Crippen LogP contribution is 2.35. The van der Waals surface area contributed by atoms with Crippen molar-refractivity contribution in [3.8, 4) is 22.4 Å². The van der Waals surface area contributed by atoms with Crippen molar-refractivity contribution < 1.29 is 4.39 Å². The molecule has 124 valence electrons. The first-order chi connectivity index (χ1) is 12.1. The van der Waals surface area contributed by atoms with Gasteiger partial charge in [0.2, 0.25) is 0 Å². The van der Waals surface area contributed by atoms with Crippen molar-refractivity contribution in [2.24, 2.45) is 10.7 Å². The van der Waals surface area contributed by atoms with E-state index < -0.39 is 5.82 Å². The summed E-state index contributed by atoms with van der Waals surface area (Å²) in [5.74, 6) is 0.0313. The summed E-state index contributed by atoms with van der Waals surface area (Å²) < 4.78 is 14.6. The summed E-state index contributed by atoms with van der Waals surface area (Å²) >= 11 is 6.21. The fourth-order valence-electron chi connectivity index (χ4n) is 2.49. The largest absolute Gasteiger partial charge is 0.390 e. The number of halogens is 2. The summed E-state index contributed by atoms with van der Waals surface area (Å²) in [6.07, 6.45) is 5.89. The highest BCUT2D eigenvalue weighted by molar-refractivity contribution is 6.32. The quantitative estimate of drug-likeness (QED) is 0.538. The van der Waals surface area contributed by atoms with Gasteiger partial charge in [0.05, 0.1) is 12.0 Å². The van der Waals surface area contributed by atoms with Crippen LogP contribution in [0, 0.1) is 5.82 Å². The molecular formula is C19H14ClFN4. The Morgan fingerprint density at radius 3 is 2.72 bits per heavy atom. The number of hydrogen-bond donors (Lipinski definition) is 1. The number of nitrogens with two attached hydrogens (primary N) is 1. The lowest BCUT2D eigenvalue weighted by Gasteiger charge is -2.11. The van der Waals surface area contributed by atoms with Crippen LogP contribution >= 0.6 is 11.6 Å². The molecule has 0 aliphatic carbocycles. The summed E-state index contributed by atoms with van der Waals surface area (Å²) in [7, 11) is 0. The normalized spacial score (nSPS) is 11.0. The summed E-state index contributed by atoms with van der Waals surface area (Å²) in [4.78, 5) is 12.4. The maximum atomic E-state index is 14.6. The Labute approximate surface area is 149 Å². The molecule has 0 aliphatic heterocycles. The maximum Gasteiger partial charge on any atom is 0.154 e. The predicted octanol–water partition coefficient (Wildman–Crippen LogP) is 4.86. The van der Waals surface area contributed by atoms with Gasteiger partial charge in [0.15, 0.2) is 5.82 Å². The van der Waals surface area contributed by atoms with Crippen molar-refractivity contribution in [3.63, 3.8) is 0 Å². The molecular weight excluding hydrogens is 339 g/mol. The molecule has 25 heavy (non-hydrogen) atoms. The van der Waals surface area contributed by atoms with Crippen LogP contribution in [0.1, 0.15) is 5.56 Å². The van der Waals surface area contributed by atoms with E-state index in [1.54, 1.807) is 36.7 Å². The van der Waals surface area contributed by atoms with Gasteiger partial charge >= 0.3 is 0 Å². The molecule has 3 aromatic rings. The van der Waals surface area contributed by atoms with Crippen molar-refractivity contribution in [2.45, 2.75) is 0 Å². The molecule has 0 fully saturated rings. The van der Waals surface area contributed by atoms with Gasteiger partial charge in [-0.1, -0.05) is 30.3 Å². The Balaban J connectivity index is 2.19. The number of benzene rings is 1. The van der Waals surface area contributed by atoms with Crippen LogP contribution in [-0.4, -0.2) is 16.3 Å². The van der Waals surface area contributed by atoms with Gasteiger partial charge in [-0.2, -0.15) is 0 Å². The highest BCUT2D eigenvalue weighted by atomic mass is 35.5. The number of pyridine rings is 2. The molecule has 0 atom stereocenters. The van der Waals surface area contributed by atoms with Gasteiger partial charge in [-0.15, -0.1) is 0 Å². The van der Waals surface area contributed by atoms with E-state index in [9.17, 15) is 4.39 Å². The van der Waals surface area contributed by atoms with Crippen LogP contribution in [0.25, 0.3) is 28.5 Å². The Hall–Kier alpha value is -3.05. The molecule has 0 bridgehead atoms. The lowest BCUT2D eigenvalue weighted by atomic mass is 9.98. The second-order valence-electron chi connectivity index (χ2n) is 5.14. The van der Waals surface area contributed by atoms with Gasteiger partial charge in [-0.05, 0) is 41.5 Å². The third-order valence-electron chi connectivity index (χ3n) is 3.63. The molecule has 2 N–H and O–H groups in total. The Kier molecular flexibility index (Phi) is 4.86. The third kappa shape index (κ3) is 3.41. The van der Waals surface area contributed by atoms with Crippen LogP contribution in [0.4, 0.5) is 10.2 Å². The van der Waals surface area contributed by atoms with Crippen LogP contribution in [-0.2, 0) is 0 Å². The Morgan fingerprint density at radius 2 is 1.96 bits per heavy atom. The van der Waals surface area contributed by atoms with Crippen LogP contribution in [0.15, 0.2) is 60.4 Å². The van der Waals surface area contributed by atoms with Crippen molar-refractivity contribution in [1.82, 2.24) is 9.97 Å². The van der Waals surface area contributed by atoms with Crippen molar-refractivity contribution in [1.29, 1.82) is 0 Å². The molecule has 2 heterocycles. The summed E-state index contributed by atoms with van der Waals surface area (Å²) in [5, 5.41) is 0.408. The SMILES string of the molecule is C=Cc1cc(F)c(-c2ncccc2-c2ccnc(N=CN)c2)cc1Cl. The van der Waals surface area contributed by atoms with Crippen LogP contribution in [0.3, 0.4) is 0 Å². The zero-order chi connectivity index (χ0) is 17.8. The molecule has 0 spiro atoms. The molecule has 6 heteroatoms. The van der Waals surface area contributed by atoms with E-state index in [4.69, 9.17) is 17.3 Å². The first-order valence-electron chi connectivity index (χ1n) is 7.41. The minimum absolute atomic E-state index is 0.312. The first-order valence-corrected chi connectivity index (χ1v) is 7.79. The van der Waals surface area contributed by atoms with E-state index in [-0.39, 0.29) is 0 Å². The second kappa shape index (κ2) is 7.23. The first kappa shape index (κ1) is 16.8. The van der Waals surface area contributed by atoms with E-state index in [0.717, 1.165) is 11.1 Å². The van der Waals surface area contributed by atoms with Gasteiger partial charge in [0.1, 0.15) is 5.82 Å². The Bertz CT molecular complexity index is 969. The molecule has 1 aromatic carbocycles. The number of nitrogens with zero attached hydrogens (tertiary/aromatic N) is 3. The molecule has 4 nitrogen and oxygen atoms in total. The molecule has 0 saturated carbocycles. The van der Waals surface area contributed by atoms with Crippen molar-refractivity contribution in [2.75, 3.05) is 0 Å². The number of aromatic nitrogens is 2. The predicted molar refractivity (Wildman–Crippen MR) is 100 cm³/mol. The minimum Gasteiger partial charge on any atom is -0.390 e. The minimum atomic E-state index is -0.423. The van der Waals surface area contributed by atoms with Crippen LogP contribution < -0.4 is 5.73 Å². The highest BCUT2D eigenvalue weighted by Gasteiger charge is 2.15. The molecule has 0 aliphatic rings. The summed E-state index contributed by atoms with van der Waals surface area (Å²) in [6, 6.07) is 10.1. The van der Waals surface area contributed by atoms with E-state index in [1.807, 2.05) is 6.07 Å². The van der Waals surface area contributed by atoms with Gasteiger partial charge < -0.3 is 5.73 Å². The number of rotatable bonds is 4. The van der Waals surface area contributed by atoms with E-state index >= 15 is 0 Å². The Morgan fingerprint density at radius 1 is 1.12 bits per heavy atom. The average molecular weight is 353 g/mol. The smallest absolute Gasteiger partial charge is 0.154 e. The zero-order valence-electron chi connectivity index (χ0n) is 13.2. The average Bonchev–Trinajstić information content (AvgIpc) is 2.64.